The van der Waals surface area contributed by atoms with Gasteiger partial charge in [-0.15, -0.1) is 0 Å². The average molecular weight is 267 g/mol. The normalized spacial score (nSPS) is 36.3. The number of nitrogens with one attached hydrogen (secondary N) is 2. The van der Waals surface area contributed by atoms with Gasteiger partial charge in [-0.25, -0.2) is 0 Å². The Morgan fingerprint density at radius 1 is 1.11 bits per heavy atom. The van der Waals surface area contributed by atoms with E-state index < -0.39 is 0 Å². The number of hydrogen-bond donors (Lipinski definition) is 3. The van der Waals surface area contributed by atoms with Gasteiger partial charge in [0.1, 0.15) is 0 Å². The van der Waals surface area contributed by atoms with Crippen LogP contribution in [0.3, 0.4) is 0 Å². The van der Waals surface area contributed by atoms with Crippen molar-refractivity contribution in [3.8, 4) is 0 Å². The highest BCUT2D eigenvalue weighted by molar-refractivity contribution is 5.80. The monoisotopic (exact) mass is 267 g/mol. The molecule has 0 heterocycles. The van der Waals surface area contributed by atoms with Gasteiger partial charge in [0.15, 0.2) is 5.96 Å². The Hall–Kier alpha value is -0.770. The van der Waals surface area contributed by atoms with Gasteiger partial charge in [0.25, 0.3) is 0 Å². The third kappa shape index (κ3) is 4.37. The second kappa shape index (κ2) is 7.13. The van der Waals surface area contributed by atoms with Crippen LogP contribution in [0.15, 0.2) is 4.99 Å². The van der Waals surface area contributed by atoms with E-state index in [2.05, 4.69) is 29.5 Å². The van der Waals surface area contributed by atoms with Crippen molar-refractivity contribution in [1.29, 1.82) is 0 Å². The van der Waals surface area contributed by atoms with Crippen LogP contribution >= 0.6 is 0 Å². The lowest BCUT2D eigenvalue weighted by atomic mass is 9.93. The highest BCUT2D eigenvalue weighted by Gasteiger charge is 2.25. The first-order valence-electron chi connectivity index (χ1n) is 7.94. The minimum absolute atomic E-state index is 0.0903. The fraction of sp³-hybridized carbons (Fsp3) is 0.933. The lowest BCUT2D eigenvalue weighted by molar-refractivity contribution is 0.120. The first kappa shape index (κ1) is 14.6. The standard InChI is InChI=1S/C15H29N3O/c1-3-16-15(18-14-6-4-5-11(14)2)17-12-7-9-13(19)10-8-12/h11-14,19H,3-10H2,1-2H3,(H2,16,17,18). The maximum atomic E-state index is 9.56. The molecule has 0 aromatic rings. The van der Waals surface area contributed by atoms with Gasteiger partial charge in [0.05, 0.1) is 6.10 Å². The lowest BCUT2D eigenvalue weighted by Crippen LogP contribution is -2.49. The first-order chi connectivity index (χ1) is 9.19. The molecule has 0 radical (unpaired) electrons. The Kier molecular flexibility index (Phi) is 5.49. The number of aliphatic hydroxyl groups excluding tert-OH is 1. The zero-order valence-electron chi connectivity index (χ0n) is 12.4. The Balaban J connectivity index is 1.84. The SMILES string of the molecule is CCN=C(NC1CCC(O)CC1)NC1CCCC1C. The molecule has 4 heteroatoms. The van der Waals surface area contributed by atoms with Crippen molar-refractivity contribution >= 4 is 5.96 Å². The molecule has 2 atom stereocenters. The van der Waals surface area contributed by atoms with Crippen molar-refractivity contribution in [2.75, 3.05) is 6.54 Å². The summed E-state index contributed by atoms with van der Waals surface area (Å²) in [5.41, 5.74) is 0. The second-order valence-electron chi connectivity index (χ2n) is 6.13. The van der Waals surface area contributed by atoms with Crippen LogP contribution < -0.4 is 10.6 Å². The number of aliphatic imine (C=N–C) groups is 1. The van der Waals surface area contributed by atoms with E-state index in [4.69, 9.17) is 0 Å². The van der Waals surface area contributed by atoms with E-state index in [-0.39, 0.29) is 6.10 Å². The molecular weight excluding hydrogens is 238 g/mol. The molecular formula is C15H29N3O. The Labute approximate surface area is 117 Å². The highest BCUT2D eigenvalue weighted by atomic mass is 16.3. The molecule has 2 aliphatic carbocycles. The number of rotatable bonds is 3. The topological polar surface area (TPSA) is 56.7 Å². The van der Waals surface area contributed by atoms with E-state index in [1.54, 1.807) is 0 Å². The molecule has 0 spiro atoms. The summed E-state index contributed by atoms with van der Waals surface area (Å²) >= 11 is 0. The summed E-state index contributed by atoms with van der Waals surface area (Å²) in [6, 6.07) is 1.05. The predicted octanol–water partition coefficient (Wildman–Crippen LogP) is 2.03. The zero-order chi connectivity index (χ0) is 13.7. The molecule has 2 rings (SSSR count). The third-order valence-corrected chi connectivity index (χ3v) is 4.54. The number of nitrogens with zero attached hydrogens (tertiary/aromatic N) is 1. The summed E-state index contributed by atoms with van der Waals surface area (Å²) in [5, 5.41) is 16.7. The van der Waals surface area contributed by atoms with Gasteiger partial charge in [0.2, 0.25) is 0 Å². The molecule has 0 aromatic heterocycles. The molecule has 0 bridgehead atoms. The molecule has 2 aliphatic rings. The molecule has 3 N–H and O–H groups in total. The van der Waals surface area contributed by atoms with E-state index in [0.717, 1.165) is 44.1 Å². The molecule has 19 heavy (non-hydrogen) atoms. The predicted molar refractivity (Wildman–Crippen MR) is 79.3 cm³/mol. The summed E-state index contributed by atoms with van der Waals surface area (Å²) < 4.78 is 0. The van der Waals surface area contributed by atoms with Crippen LogP contribution in [0.4, 0.5) is 0 Å². The molecule has 0 aliphatic heterocycles. The second-order valence-corrected chi connectivity index (χ2v) is 6.13. The summed E-state index contributed by atoms with van der Waals surface area (Å²) in [4.78, 5) is 4.57. The summed E-state index contributed by atoms with van der Waals surface area (Å²) in [7, 11) is 0. The Morgan fingerprint density at radius 2 is 1.84 bits per heavy atom. The van der Waals surface area contributed by atoms with Gasteiger partial charge in [-0.2, -0.15) is 0 Å². The fourth-order valence-corrected chi connectivity index (χ4v) is 3.24. The van der Waals surface area contributed by atoms with Crippen molar-refractivity contribution in [1.82, 2.24) is 10.6 Å². The minimum Gasteiger partial charge on any atom is -0.393 e. The summed E-state index contributed by atoms with van der Waals surface area (Å²) in [6.07, 6.45) is 7.74. The number of guanidine groups is 1. The molecule has 2 unspecified atom stereocenters. The van der Waals surface area contributed by atoms with Crippen molar-refractivity contribution in [3.63, 3.8) is 0 Å². The maximum Gasteiger partial charge on any atom is 0.191 e. The van der Waals surface area contributed by atoms with Gasteiger partial charge < -0.3 is 15.7 Å². The van der Waals surface area contributed by atoms with Crippen molar-refractivity contribution in [3.05, 3.63) is 0 Å². The zero-order valence-corrected chi connectivity index (χ0v) is 12.4. The van der Waals surface area contributed by atoms with Crippen molar-refractivity contribution < 1.29 is 5.11 Å². The Morgan fingerprint density at radius 3 is 2.42 bits per heavy atom. The molecule has 2 saturated carbocycles. The molecule has 0 saturated heterocycles. The van der Waals surface area contributed by atoms with Gasteiger partial charge >= 0.3 is 0 Å². The van der Waals surface area contributed by atoms with Crippen LogP contribution in [0.1, 0.15) is 58.8 Å². The fourth-order valence-electron chi connectivity index (χ4n) is 3.24. The minimum atomic E-state index is -0.0903. The van der Waals surface area contributed by atoms with Crippen LogP contribution in [0, 0.1) is 5.92 Å². The van der Waals surface area contributed by atoms with Gasteiger partial charge in [-0.1, -0.05) is 13.3 Å². The molecule has 0 amide bonds. The van der Waals surface area contributed by atoms with Crippen LogP contribution in [0.2, 0.25) is 0 Å². The van der Waals surface area contributed by atoms with E-state index in [1.165, 1.54) is 19.3 Å². The quantitative estimate of drug-likeness (QED) is 0.542. The summed E-state index contributed by atoms with van der Waals surface area (Å²) in [5.74, 6) is 1.72. The molecule has 110 valence electrons. The first-order valence-corrected chi connectivity index (χ1v) is 7.94. The van der Waals surface area contributed by atoms with Crippen molar-refractivity contribution in [2.45, 2.75) is 77.0 Å². The largest absolute Gasteiger partial charge is 0.393 e. The van der Waals surface area contributed by atoms with E-state index in [9.17, 15) is 5.11 Å². The molecule has 0 aromatic carbocycles. The number of aliphatic hydroxyl groups is 1. The smallest absolute Gasteiger partial charge is 0.191 e. The van der Waals surface area contributed by atoms with Gasteiger partial charge in [0, 0.05) is 18.6 Å². The van der Waals surface area contributed by atoms with Crippen LogP contribution in [0.5, 0.6) is 0 Å². The van der Waals surface area contributed by atoms with E-state index in [1.807, 2.05) is 0 Å². The number of hydrogen-bond acceptors (Lipinski definition) is 2. The third-order valence-electron chi connectivity index (χ3n) is 4.54. The van der Waals surface area contributed by atoms with Gasteiger partial charge in [-0.3, -0.25) is 4.99 Å². The Bertz CT molecular complexity index is 298. The van der Waals surface area contributed by atoms with Crippen LogP contribution in [-0.2, 0) is 0 Å². The molecule has 4 nitrogen and oxygen atoms in total. The molecule has 2 fully saturated rings. The lowest BCUT2D eigenvalue weighted by Gasteiger charge is -2.29. The highest BCUT2D eigenvalue weighted by Crippen LogP contribution is 2.25. The van der Waals surface area contributed by atoms with E-state index >= 15 is 0 Å². The van der Waals surface area contributed by atoms with Crippen LogP contribution in [0.25, 0.3) is 0 Å². The van der Waals surface area contributed by atoms with Crippen LogP contribution in [-0.4, -0.2) is 35.8 Å². The maximum absolute atomic E-state index is 9.56. The summed E-state index contributed by atoms with van der Waals surface area (Å²) in [6.45, 7) is 5.21. The average Bonchev–Trinajstić information content (AvgIpc) is 2.78. The van der Waals surface area contributed by atoms with Crippen molar-refractivity contribution in [2.24, 2.45) is 10.9 Å². The van der Waals surface area contributed by atoms with E-state index in [0.29, 0.717) is 12.1 Å². The van der Waals surface area contributed by atoms with Gasteiger partial charge in [-0.05, 0) is 51.4 Å².